The van der Waals surface area contributed by atoms with Crippen molar-refractivity contribution in [3.05, 3.63) is 93.2 Å². The number of aromatic nitrogens is 1. The first kappa shape index (κ1) is 28.5. The minimum atomic E-state index is -4.01. The monoisotopic (exact) mass is 588 g/mol. The number of aryl methyl sites for hydroxylation is 1. The highest BCUT2D eigenvalue weighted by molar-refractivity contribution is 7.92. The van der Waals surface area contributed by atoms with E-state index in [1.54, 1.807) is 43.3 Å². The van der Waals surface area contributed by atoms with E-state index in [4.69, 9.17) is 32.5 Å². The van der Waals surface area contributed by atoms with Crippen molar-refractivity contribution in [1.29, 1.82) is 0 Å². The number of carboxylic acids is 1. The molecule has 0 aliphatic heterocycles. The summed E-state index contributed by atoms with van der Waals surface area (Å²) in [6.07, 6.45) is 0. The summed E-state index contributed by atoms with van der Waals surface area (Å²) in [5, 5.41) is 14.3. The second-order valence-electron chi connectivity index (χ2n) is 9.17. The molecule has 1 aromatic heterocycles. The highest BCUT2D eigenvalue weighted by Gasteiger charge is 2.25. The molecule has 4 aromatic rings. The molecular weight excluding hydrogens is 563 g/mol. The number of sulfonamides is 1. The Morgan fingerprint density at radius 3 is 2.36 bits per heavy atom. The third kappa shape index (κ3) is 5.75. The molecule has 0 saturated heterocycles. The number of ether oxygens (including phenoxy) is 1. The van der Waals surface area contributed by atoms with Crippen molar-refractivity contribution in [2.24, 2.45) is 0 Å². The number of carbonyl (C=O) groups is 1. The topological polar surface area (TPSA) is 110 Å². The minimum Gasteiger partial charge on any atom is -0.489 e. The molecule has 0 atom stereocenters. The van der Waals surface area contributed by atoms with Crippen LogP contribution in [0.25, 0.3) is 11.3 Å². The van der Waals surface area contributed by atoms with Gasteiger partial charge in [0.25, 0.3) is 10.0 Å². The van der Waals surface area contributed by atoms with Crippen molar-refractivity contribution in [2.75, 3.05) is 11.4 Å². The summed E-state index contributed by atoms with van der Waals surface area (Å²) in [6.45, 7) is 5.82. The normalized spacial score (nSPS) is 11.6. The Hall–Kier alpha value is -3.53. The number of anilines is 1. The summed E-state index contributed by atoms with van der Waals surface area (Å²) in [6, 6.07) is 15.4. The van der Waals surface area contributed by atoms with Crippen molar-refractivity contribution >= 4 is 44.9 Å². The van der Waals surface area contributed by atoms with E-state index in [9.17, 15) is 18.3 Å². The largest absolute Gasteiger partial charge is 0.489 e. The molecule has 0 spiro atoms. The van der Waals surface area contributed by atoms with Gasteiger partial charge in [0, 0.05) is 18.5 Å². The van der Waals surface area contributed by atoms with Gasteiger partial charge in [0.1, 0.15) is 23.8 Å². The van der Waals surface area contributed by atoms with Crippen LogP contribution in [-0.2, 0) is 16.6 Å². The van der Waals surface area contributed by atoms with E-state index in [-0.39, 0.29) is 23.0 Å². The van der Waals surface area contributed by atoms with Gasteiger partial charge in [-0.05, 0) is 61.0 Å². The van der Waals surface area contributed by atoms with Gasteiger partial charge in [0.15, 0.2) is 0 Å². The molecule has 3 aromatic carbocycles. The zero-order chi connectivity index (χ0) is 28.5. The van der Waals surface area contributed by atoms with E-state index >= 15 is 0 Å². The fourth-order valence-electron chi connectivity index (χ4n) is 4.14. The third-order valence-corrected chi connectivity index (χ3v) is 8.57. The molecule has 0 radical (unpaired) electrons. The van der Waals surface area contributed by atoms with E-state index in [2.05, 4.69) is 5.16 Å². The van der Waals surface area contributed by atoms with Gasteiger partial charge in [-0.3, -0.25) is 4.31 Å². The number of aromatic carboxylic acids is 1. The summed E-state index contributed by atoms with van der Waals surface area (Å²) in [7, 11) is -2.59. The number of carboxylic acid groups (broad SMARTS) is 1. The predicted octanol–water partition coefficient (Wildman–Crippen LogP) is 7.18. The SMILES string of the molecule is Cc1cc(OCc2c(-c3c(Cl)cccc3Cl)noc2C(C)C)ccc1N(C)S(=O)(=O)c1cccc(C(=O)O)c1. The first-order chi connectivity index (χ1) is 18.4. The van der Waals surface area contributed by atoms with Crippen LogP contribution < -0.4 is 9.04 Å². The molecular formula is C28H26Cl2N2O6S. The van der Waals surface area contributed by atoms with Gasteiger partial charge in [-0.2, -0.15) is 0 Å². The molecule has 0 bridgehead atoms. The number of hydrogen-bond donors (Lipinski definition) is 1. The first-order valence-electron chi connectivity index (χ1n) is 11.9. The fraction of sp³-hybridized carbons (Fsp3) is 0.214. The van der Waals surface area contributed by atoms with Crippen molar-refractivity contribution in [3.63, 3.8) is 0 Å². The van der Waals surface area contributed by atoms with Gasteiger partial charge < -0.3 is 14.4 Å². The maximum absolute atomic E-state index is 13.2. The van der Waals surface area contributed by atoms with Crippen LogP contribution in [-0.4, -0.2) is 31.7 Å². The predicted molar refractivity (Wildman–Crippen MR) is 151 cm³/mol. The maximum Gasteiger partial charge on any atom is 0.335 e. The first-order valence-corrected chi connectivity index (χ1v) is 14.1. The number of hydrogen-bond acceptors (Lipinski definition) is 6. The molecule has 204 valence electrons. The van der Waals surface area contributed by atoms with Crippen LogP contribution in [0.3, 0.4) is 0 Å². The van der Waals surface area contributed by atoms with Gasteiger partial charge in [-0.1, -0.05) is 54.3 Å². The maximum atomic E-state index is 13.2. The molecule has 8 nitrogen and oxygen atoms in total. The molecule has 0 aliphatic carbocycles. The Kier molecular flexibility index (Phi) is 8.25. The smallest absolute Gasteiger partial charge is 0.335 e. The lowest BCUT2D eigenvalue weighted by molar-refractivity contribution is 0.0696. The van der Waals surface area contributed by atoms with Gasteiger partial charge in [0.2, 0.25) is 0 Å². The Bertz CT molecular complexity index is 1630. The van der Waals surface area contributed by atoms with Crippen LogP contribution in [0.15, 0.2) is 70.1 Å². The lowest BCUT2D eigenvalue weighted by atomic mass is 10.0. The zero-order valence-corrected chi connectivity index (χ0v) is 23.9. The zero-order valence-electron chi connectivity index (χ0n) is 21.6. The molecule has 4 rings (SSSR count). The van der Waals surface area contributed by atoms with Crippen LogP contribution >= 0.6 is 23.2 Å². The standard InChI is InChI=1S/C28H26Cl2N2O6S/c1-16(2)27-21(26(31-38-27)25-22(29)9-6-10-23(25)30)15-37-19-11-12-24(17(3)13-19)32(4)39(35,36)20-8-5-7-18(14-20)28(33)34/h5-14,16H,15H2,1-4H3,(H,33,34). The van der Waals surface area contributed by atoms with Gasteiger partial charge in [-0.25, -0.2) is 13.2 Å². The summed E-state index contributed by atoms with van der Waals surface area (Å²) in [4.78, 5) is 11.2. The van der Waals surface area contributed by atoms with Crippen molar-refractivity contribution in [2.45, 2.75) is 38.2 Å². The Labute approximate surface area is 236 Å². The summed E-state index contributed by atoms with van der Waals surface area (Å²) in [5.74, 6) is -0.0414. The van der Waals surface area contributed by atoms with E-state index in [1.165, 1.54) is 25.2 Å². The summed E-state index contributed by atoms with van der Waals surface area (Å²) in [5.41, 5.74) is 2.70. The van der Waals surface area contributed by atoms with E-state index < -0.39 is 16.0 Å². The van der Waals surface area contributed by atoms with Gasteiger partial charge in [-0.15, -0.1) is 0 Å². The Morgan fingerprint density at radius 1 is 1.08 bits per heavy atom. The lowest BCUT2D eigenvalue weighted by Gasteiger charge is -2.22. The molecule has 0 amide bonds. The van der Waals surface area contributed by atoms with Crippen molar-refractivity contribution in [3.8, 4) is 17.0 Å². The fourth-order valence-corrected chi connectivity index (χ4v) is 6.02. The average molecular weight is 589 g/mol. The van der Waals surface area contributed by atoms with Crippen LogP contribution in [0.4, 0.5) is 5.69 Å². The lowest BCUT2D eigenvalue weighted by Crippen LogP contribution is -2.27. The average Bonchev–Trinajstić information content (AvgIpc) is 3.31. The highest BCUT2D eigenvalue weighted by Crippen LogP contribution is 2.39. The summed E-state index contributed by atoms with van der Waals surface area (Å²) >= 11 is 12.9. The molecule has 11 heteroatoms. The Morgan fingerprint density at radius 2 is 1.74 bits per heavy atom. The molecule has 0 unspecified atom stereocenters. The molecule has 39 heavy (non-hydrogen) atoms. The minimum absolute atomic E-state index is 0.0220. The number of halogens is 2. The van der Waals surface area contributed by atoms with Crippen LogP contribution in [0, 0.1) is 6.92 Å². The molecule has 1 N–H and O–H groups in total. The van der Waals surface area contributed by atoms with Crippen LogP contribution in [0.5, 0.6) is 5.75 Å². The molecule has 0 aliphatic rings. The van der Waals surface area contributed by atoms with Crippen LogP contribution in [0.1, 0.15) is 47.0 Å². The molecule has 0 fully saturated rings. The van der Waals surface area contributed by atoms with Gasteiger partial charge in [0.05, 0.1) is 31.8 Å². The number of benzene rings is 3. The highest BCUT2D eigenvalue weighted by atomic mass is 35.5. The van der Waals surface area contributed by atoms with E-state index in [1.807, 2.05) is 13.8 Å². The van der Waals surface area contributed by atoms with Crippen molar-refractivity contribution in [1.82, 2.24) is 5.16 Å². The third-order valence-electron chi connectivity index (χ3n) is 6.17. The Balaban J connectivity index is 1.61. The van der Waals surface area contributed by atoms with E-state index in [0.29, 0.717) is 49.6 Å². The quantitative estimate of drug-likeness (QED) is 0.220. The van der Waals surface area contributed by atoms with Gasteiger partial charge >= 0.3 is 5.97 Å². The number of nitrogens with zero attached hydrogens (tertiary/aromatic N) is 2. The second kappa shape index (κ2) is 11.3. The molecule has 0 saturated carbocycles. The second-order valence-corrected chi connectivity index (χ2v) is 12.0. The van der Waals surface area contributed by atoms with Crippen LogP contribution in [0.2, 0.25) is 10.0 Å². The van der Waals surface area contributed by atoms with Crippen molar-refractivity contribution < 1.29 is 27.6 Å². The molecule has 1 heterocycles. The van der Waals surface area contributed by atoms with E-state index in [0.717, 1.165) is 10.4 Å². The summed E-state index contributed by atoms with van der Waals surface area (Å²) < 4.78 is 39.3. The number of rotatable bonds is 9.